The van der Waals surface area contributed by atoms with Crippen molar-refractivity contribution < 1.29 is 65.9 Å². The minimum Gasteiger partial charge on any atom is -0.551 e. The van der Waals surface area contributed by atoms with Gasteiger partial charge < -0.3 is 38.7 Å². The van der Waals surface area contributed by atoms with Gasteiger partial charge in [-0.05, 0) is 19.3 Å². The van der Waals surface area contributed by atoms with Crippen molar-refractivity contribution in [3.05, 3.63) is 0 Å². The maximum absolute atomic E-state index is 13.6. The van der Waals surface area contributed by atoms with E-state index in [2.05, 4.69) is 36.7 Å². The summed E-state index contributed by atoms with van der Waals surface area (Å²) in [6.07, 6.45) is 26.2. The molecule has 0 aromatic rings. The van der Waals surface area contributed by atoms with Crippen LogP contribution in [0.1, 0.15) is 233 Å². The summed E-state index contributed by atoms with van der Waals surface area (Å²) in [6, 6.07) is -4.50. The van der Waals surface area contributed by atoms with Crippen LogP contribution in [0.2, 0.25) is 0 Å². The van der Waals surface area contributed by atoms with Crippen molar-refractivity contribution in [2.75, 3.05) is 0 Å². The molecule has 0 unspecified atom stereocenters. The first-order valence-corrected chi connectivity index (χ1v) is 28.8. The van der Waals surface area contributed by atoms with Crippen LogP contribution in [0.15, 0.2) is 0 Å². The molecule has 2 aliphatic heterocycles. The second kappa shape index (κ2) is 38.1. The molecule has 384 valence electrons. The fourth-order valence-corrected chi connectivity index (χ4v) is 10.1. The lowest BCUT2D eigenvalue weighted by molar-refractivity contribution is -0.152. The summed E-state index contributed by atoms with van der Waals surface area (Å²) in [5.41, 5.74) is 0. The molecule has 0 bridgehead atoms. The fraction of sp³-hybridized carbons (Fsp3) is 0.812. The van der Waals surface area contributed by atoms with Gasteiger partial charge in [-0.3, -0.25) is 43.2 Å². The zero-order chi connectivity index (χ0) is 49.8. The Morgan fingerprint density at radius 3 is 1.16 bits per heavy atom. The number of unbranched alkanes of at least 4 members (excludes halogenated alkanes) is 24. The van der Waals surface area contributed by atoms with E-state index in [0.29, 0.717) is 19.3 Å². The highest BCUT2D eigenvalue weighted by atomic mass is 27.3. The monoisotopic (exact) mass is 994 g/mol. The van der Waals surface area contributed by atoms with Crippen molar-refractivity contribution in [3.63, 3.8) is 0 Å². The van der Waals surface area contributed by atoms with Gasteiger partial charge in [0.2, 0.25) is 17.7 Å². The lowest BCUT2D eigenvalue weighted by Crippen LogP contribution is -2.47. The van der Waals surface area contributed by atoms with Gasteiger partial charge in [0.15, 0.2) is 0 Å². The number of rotatable bonds is 38. The molecule has 0 aromatic carbocycles. The van der Waals surface area contributed by atoms with Crippen LogP contribution in [0.3, 0.4) is 0 Å². The average molecular weight is 994 g/mol. The van der Waals surface area contributed by atoms with E-state index >= 15 is 0 Å². The van der Waals surface area contributed by atoms with E-state index in [1.54, 1.807) is 0 Å². The van der Waals surface area contributed by atoms with Crippen molar-refractivity contribution in [2.45, 2.75) is 251 Å². The lowest BCUT2D eigenvalue weighted by Gasteiger charge is -2.20. The number of hydrogen-bond donors (Lipinski definition) is 3. The van der Waals surface area contributed by atoms with Gasteiger partial charge in [0.05, 0.1) is 19.3 Å². The molecule has 2 heterocycles. The van der Waals surface area contributed by atoms with E-state index in [9.17, 15) is 43.2 Å². The van der Waals surface area contributed by atoms with Gasteiger partial charge in [0, 0.05) is 19.3 Å². The predicted molar refractivity (Wildman–Crippen MR) is 253 cm³/mol. The molecule has 2 aliphatic rings. The maximum atomic E-state index is 13.6. The van der Waals surface area contributed by atoms with E-state index in [1.807, 2.05) is 0 Å². The number of amides is 3. The largest absolute Gasteiger partial charge is 1.20 e. The molecule has 68 heavy (non-hydrogen) atoms. The van der Waals surface area contributed by atoms with Gasteiger partial charge in [-0.15, -0.1) is 0 Å². The second-order valence-electron chi connectivity index (χ2n) is 18.1. The van der Waals surface area contributed by atoms with Crippen molar-refractivity contribution >= 4 is 83.8 Å². The van der Waals surface area contributed by atoms with Crippen molar-refractivity contribution in [3.8, 4) is 0 Å². The molecule has 2 fully saturated rings. The molecule has 0 aromatic heterocycles. The highest BCUT2D eigenvalue weighted by Crippen LogP contribution is 2.17. The third-order valence-electron chi connectivity index (χ3n) is 11.8. The molecule has 2 rings (SSSR count). The summed E-state index contributed by atoms with van der Waals surface area (Å²) in [5.74, 6) is -8.03. The molecule has 18 nitrogen and oxygen atoms in total. The molecule has 0 radical (unpaired) electrons. The van der Waals surface area contributed by atoms with Crippen molar-refractivity contribution in [1.29, 1.82) is 0 Å². The Morgan fingerprint density at radius 2 is 0.794 bits per heavy atom. The smallest absolute Gasteiger partial charge is 0.551 e. The molecule has 3 N–H and O–H groups in total. The molecule has 0 spiro atoms. The first-order valence-electron chi connectivity index (χ1n) is 25.9. The Morgan fingerprint density at radius 1 is 0.471 bits per heavy atom. The Hall–Kier alpha value is -3.71. The van der Waals surface area contributed by atoms with Gasteiger partial charge in [-0.25, -0.2) is 0 Å². The first kappa shape index (κ1) is 60.4. The van der Waals surface area contributed by atoms with Crippen molar-refractivity contribution in [1.82, 2.24) is 16.0 Å². The quantitative estimate of drug-likeness (QED) is 0.0398. The van der Waals surface area contributed by atoms with Crippen LogP contribution in [0.25, 0.3) is 0 Å². The highest BCUT2D eigenvalue weighted by molar-refractivity contribution is 6.45. The van der Waals surface area contributed by atoms with Crippen LogP contribution in [0.5, 0.6) is 0 Å². The molecule has 0 saturated carbocycles. The number of nitrogens with one attached hydrogen (secondary N) is 3. The minimum absolute atomic E-state index is 0.00124. The Bertz CT molecular complexity index is 1550. The highest BCUT2D eigenvalue weighted by Gasteiger charge is 2.55. The SMILES string of the molecule is CCCCCCCCCCCC(=O)N[C@H]1CC(=O)[O][Al]([O]C(=O)C[C@H](NC(=O)CCCCCCCCCCC)C(=O)[O][Al]2[O]C(=O)C[C@@H](NC(=O)CCCCCCCCCCC)C(=O)[O]2)[O]C1=O. The van der Waals surface area contributed by atoms with Gasteiger partial charge in [-0.2, -0.15) is 0 Å². The van der Waals surface area contributed by atoms with E-state index in [1.165, 1.54) is 64.2 Å². The first-order chi connectivity index (χ1) is 32.8. The van der Waals surface area contributed by atoms with E-state index in [4.69, 9.17) is 22.7 Å². The normalized spacial score (nSPS) is 16.6. The fourth-order valence-electron chi connectivity index (χ4n) is 7.81. The van der Waals surface area contributed by atoms with Crippen LogP contribution < -0.4 is 16.0 Å². The Kier molecular flexibility index (Phi) is 33.8. The van der Waals surface area contributed by atoms with E-state index in [0.717, 1.165) is 89.9 Å². The summed E-state index contributed by atoms with van der Waals surface area (Å²) in [4.78, 5) is 117. The minimum atomic E-state index is -3.93. The van der Waals surface area contributed by atoms with Crippen molar-refractivity contribution in [2.24, 2.45) is 0 Å². The molecule has 20 heteroatoms. The molecular formula is C48H81Al2N3O15. The summed E-state index contributed by atoms with van der Waals surface area (Å²) in [7, 11) is 0. The van der Waals surface area contributed by atoms with Gasteiger partial charge in [0.1, 0.15) is 18.1 Å². The summed E-state index contributed by atoms with van der Waals surface area (Å²) in [5, 5.41) is 7.43. The summed E-state index contributed by atoms with van der Waals surface area (Å²) < 4.78 is 31.3. The van der Waals surface area contributed by atoms with Gasteiger partial charge in [-0.1, -0.05) is 175 Å². The lowest BCUT2D eigenvalue weighted by atomic mass is 10.1. The van der Waals surface area contributed by atoms with Crippen LogP contribution >= 0.6 is 0 Å². The third kappa shape index (κ3) is 29.4. The zero-order valence-electron chi connectivity index (χ0n) is 41.3. The third-order valence-corrected chi connectivity index (χ3v) is 14.5. The van der Waals surface area contributed by atoms with Crippen LogP contribution in [0.4, 0.5) is 0 Å². The maximum Gasteiger partial charge on any atom is 1.20 e. The van der Waals surface area contributed by atoms with E-state index < -0.39 is 121 Å². The number of hydrogen-bond acceptors (Lipinski definition) is 15. The number of carbonyl (C=O) groups excluding carboxylic acids is 9. The van der Waals surface area contributed by atoms with Gasteiger partial charge in [0.25, 0.3) is 35.8 Å². The summed E-state index contributed by atoms with van der Waals surface area (Å²) >= 11 is -7.80. The van der Waals surface area contributed by atoms with Crippen LogP contribution in [0, 0.1) is 0 Å². The zero-order valence-corrected chi connectivity index (χ0v) is 43.7. The predicted octanol–water partition coefficient (Wildman–Crippen LogP) is 7.63. The standard InChI is InChI=1S/3C16H29NO5.2Al/c3*1-2-3-4-5-6-7-8-9-10-11-14(18)17-13(16(21)22)12-15(19)20;;/h3*13H,2-12H2,1H3,(H,17,18)(H,19,20)(H,21,22);;/q;;;2*+3/p-6/t3*13-;;/m100../s1. The topological polar surface area (TPSA) is 245 Å². The molecule has 2 saturated heterocycles. The van der Waals surface area contributed by atoms with Gasteiger partial charge >= 0.3 is 30.3 Å². The molecule has 3 amide bonds. The number of carbonyl (C=O) groups is 9. The van der Waals surface area contributed by atoms with E-state index in [-0.39, 0.29) is 19.3 Å². The summed E-state index contributed by atoms with van der Waals surface area (Å²) in [6.45, 7) is 6.50. The molecule has 0 aliphatic carbocycles. The Balaban J connectivity index is 1.97. The molecular weight excluding hydrogens is 912 g/mol. The van der Waals surface area contributed by atoms with Crippen LogP contribution in [-0.4, -0.2) is 102 Å². The van der Waals surface area contributed by atoms with Crippen LogP contribution in [-0.2, 0) is 65.9 Å². The average Bonchev–Trinajstić information content (AvgIpc) is 3.50. The molecule has 3 atom stereocenters. The Labute approximate surface area is 414 Å². The second-order valence-corrected chi connectivity index (χ2v) is 20.6.